The molecule has 0 amide bonds. The predicted molar refractivity (Wildman–Crippen MR) is 44.5 cm³/mol. The van der Waals surface area contributed by atoms with Crippen LogP contribution in [0.4, 0.5) is 0 Å². The van der Waals surface area contributed by atoms with Crippen molar-refractivity contribution < 1.29 is 4.79 Å². The van der Waals surface area contributed by atoms with Crippen LogP contribution < -0.4 is 0 Å². The second kappa shape index (κ2) is 2.48. The van der Waals surface area contributed by atoms with E-state index in [0.29, 0.717) is 11.8 Å². The molecule has 0 unspecified atom stereocenters. The van der Waals surface area contributed by atoms with Gasteiger partial charge in [0.2, 0.25) is 5.24 Å². The zero-order chi connectivity index (χ0) is 7.90. The lowest BCUT2D eigenvalue weighted by molar-refractivity contribution is -0.113. The minimum absolute atomic E-state index is 0.132. The standard InChI is InChI=1S/C9H13ClO/c10-8(11)6-9-3-1-7(5-9)2-4-9/h7H,1-6H2. The highest BCUT2D eigenvalue weighted by Gasteiger charge is 2.45. The summed E-state index contributed by atoms with van der Waals surface area (Å²) in [5.74, 6) is 0.922. The van der Waals surface area contributed by atoms with Crippen molar-refractivity contribution in [3.8, 4) is 0 Å². The maximum atomic E-state index is 10.7. The summed E-state index contributed by atoms with van der Waals surface area (Å²) in [4.78, 5) is 10.7. The summed E-state index contributed by atoms with van der Waals surface area (Å²) in [5.41, 5.74) is 0.351. The topological polar surface area (TPSA) is 17.1 Å². The highest BCUT2D eigenvalue weighted by atomic mass is 35.5. The molecule has 2 aliphatic rings. The molecule has 0 spiro atoms. The zero-order valence-corrected chi connectivity index (χ0v) is 7.36. The van der Waals surface area contributed by atoms with E-state index < -0.39 is 0 Å². The summed E-state index contributed by atoms with van der Waals surface area (Å²) < 4.78 is 0. The van der Waals surface area contributed by atoms with Crippen molar-refractivity contribution in [2.24, 2.45) is 11.3 Å². The van der Waals surface area contributed by atoms with Crippen LogP contribution in [0.15, 0.2) is 0 Å². The average Bonchev–Trinajstić information content (AvgIpc) is 2.43. The summed E-state index contributed by atoms with van der Waals surface area (Å²) in [6.07, 6.45) is 7.07. The summed E-state index contributed by atoms with van der Waals surface area (Å²) in [7, 11) is 0. The van der Waals surface area contributed by atoms with Crippen LogP contribution in [0, 0.1) is 11.3 Å². The van der Waals surface area contributed by atoms with E-state index in [-0.39, 0.29) is 5.24 Å². The Morgan fingerprint density at radius 2 is 2.09 bits per heavy atom. The van der Waals surface area contributed by atoms with Gasteiger partial charge < -0.3 is 0 Å². The molecule has 2 rings (SSSR count). The van der Waals surface area contributed by atoms with E-state index in [1.807, 2.05) is 0 Å². The van der Waals surface area contributed by atoms with Crippen molar-refractivity contribution in [1.29, 1.82) is 0 Å². The SMILES string of the molecule is O=C(Cl)CC12CCC(CC1)C2. The van der Waals surface area contributed by atoms with Gasteiger partial charge in [-0.05, 0) is 55.0 Å². The Labute approximate surface area is 72.1 Å². The van der Waals surface area contributed by atoms with Gasteiger partial charge >= 0.3 is 0 Å². The molecule has 1 nitrogen and oxygen atoms in total. The van der Waals surface area contributed by atoms with Gasteiger partial charge in [-0.2, -0.15) is 0 Å². The third-order valence-electron chi connectivity index (χ3n) is 3.40. The van der Waals surface area contributed by atoms with Crippen molar-refractivity contribution in [2.75, 3.05) is 0 Å². The molecule has 0 aromatic carbocycles. The third-order valence-corrected chi connectivity index (χ3v) is 3.54. The fourth-order valence-electron chi connectivity index (χ4n) is 2.85. The van der Waals surface area contributed by atoms with E-state index in [1.54, 1.807) is 0 Å². The molecular formula is C9H13ClO. The zero-order valence-electron chi connectivity index (χ0n) is 6.61. The van der Waals surface area contributed by atoms with Crippen molar-refractivity contribution in [2.45, 2.75) is 38.5 Å². The van der Waals surface area contributed by atoms with Gasteiger partial charge in [-0.25, -0.2) is 0 Å². The molecule has 62 valence electrons. The minimum Gasteiger partial charge on any atom is -0.281 e. The highest BCUT2D eigenvalue weighted by molar-refractivity contribution is 6.63. The lowest BCUT2D eigenvalue weighted by atomic mass is 9.82. The third kappa shape index (κ3) is 1.31. The van der Waals surface area contributed by atoms with E-state index in [2.05, 4.69) is 0 Å². The van der Waals surface area contributed by atoms with Gasteiger partial charge in [0.15, 0.2) is 0 Å². The summed E-state index contributed by atoms with van der Waals surface area (Å²) in [6.45, 7) is 0. The molecule has 2 bridgehead atoms. The Kier molecular flexibility index (Phi) is 1.71. The van der Waals surface area contributed by atoms with Crippen LogP contribution in [0.5, 0.6) is 0 Å². The van der Waals surface area contributed by atoms with E-state index in [1.165, 1.54) is 32.1 Å². The lowest BCUT2D eigenvalue weighted by Crippen LogP contribution is -2.16. The smallest absolute Gasteiger partial charge is 0.222 e. The monoisotopic (exact) mass is 172 g/mol. The first kappa shape index (κ1) is 7.60. The van der Waals surface area contributed by atoms with Crippen molar-refractivity contribution in [3.05, 3.63) is 0 Å². The molecule has 0 aliphatic heterocycles. The molecule has 0 radical (unpaired) electrons. The van der Waals surface area contributed by atoms with Crippen LogP contribution in [-0.4, -0.2) is 5.24 Å². The number of fused-ring (bicyclic) bond motifs is 2. The minimum atomic E-state index is -0.132. The Balaban J connectivity index is 2.05. The molecule has 0 N–H and O–H groups in total. The van der Waals surface area contributed by atoms with Gasteiger partial charge in [0.25, 0.3) is 0 Å². The quantitative estimate of drug-likeness (QED) is 0.586. The van der Waals surface area contributed by atoms with E-state index in [4.69, 9.17) is 11.6 Å². The fraction of sp³-hybridized carbons (Fsp3) is 0.889. The first-order valence-electron chi connectivity index (χ1n) is 4.39. The molecule has 11 heavy (non-hydrogen) atoms. The fourth-order valence-corrected chi connectivity index (χ4v) is 3.14. The maximum Gasteiger partial charge on any atom is 0.222 e. The Morgan fingerprint density at radius 1 is 1.45 bits per heavy atom. The largest absolute Gasteiger partial charge is 0.281 e. The van der Waals surface area contributed by atoms with Gasteiger partial charge in [0, 0.05) is 6.42 Å². The van der Waals surface area contributed by atoms with Crippen LogP contribution in [0.1, 0.15) is 38.5 Å². The summed E-state index contributed by atoms with van der Waals surface area (Å²) in [5, 5.41) is -0.132. The first-order valence-corrected chi connectivity index (χ1v) is 4.76. The van der Waals surface area contributed by atoms with Crippen LogP contribution in [0.2, 0.25) is 0 Å². The number of carbonyl (C=O) groups excluding carboxylic acids is 1. The molecule has 0 aromatic heterocycles. The Hall–Kier alpha value is -0.0400. The number of halogens is 1. The van der Waals surface area contributed by atoms with Crippen molar-refractivity contribution in [1.82, 2.24) is 0 Å². The Bertz CT molecular complexity index is 180. The van der Waals surface area contributed by atoms with E-state index in [9.17, 15) is 4.79 Å². The number of hydrogen-bond donors (Lipinski definition) is 0. The van der Waals surface area contributed by atoms with Crippen LogP contribution in [-0.2, 0) is 4.79 Å². The second-order valence-electron chi connectivity index (χ2n) is 4.18. The maximum absolute atomic E-state index is 10.7. The molecule has 0 heterocycles. The summed E-state index contributed by atoms with van der Waals surface area (Å²) in [6, 6.07) is 0. The number of hydrogen-bond acceptors (Lipinski definition) is 1. The average molecular weight is 173 g/mol. The lowest BCUT2D eigenvalue weighted by Gasteiger charge is -2.23. The molecule has 2 aliphatic carbocycles. The van der Waals surface area contributed by atoms with Crippen LogP contribution in [0.3, 0.4) is 0 Å². The predicted octanol–water partition coefficient (Wildman–Crippen LogP) is 2.72. The highest BCUT2D eigenvalue weighted by Crippen LogP contribution is 2.56. The molecule has 2 saturated carbocycles. The van der Waals surface area contributed by atoms with Crippen molar-refractivity contribution in [3.63, 3.8) is 0 Å². The van der Waals surface area contributed by atoms with Crippen LogP contribution in [0.25, 0.3) is 0 Å². The van der Waals surface area contributed by atoms with Gasteiger partial charge in [-0.1, -0.05) is 0 Å². The molecule has 2 heteroatoms. The normalized spacial score (nSPS) is 41.4. The van der Waals surface area contributed by atoms with Gasteiger partial charge in [0.05, 0.1) is 0 Å². The summed E-state index contributed by atoms with van der Waals surface area (Å²) >= 11 is 5.41. The molecular weight excluding hydrogens is 160 g/mol. The van der Waals surface area contributed by atoms with E-state index in [0.717, 1.165) is 5.92 Å². The Morgan fingerprint density at radius 3 is 2.45 bits per heavy atom. The first-order chi connectivity index (χ1) is 5.20. The van der Waals surface area contributed by atoms with Crippen molar-refractivity contribution >= 4 is 16.8 Å². The second-order valence-corrected chi connectivity index (χ2v) is 4.60. The van der Waals surface area contributed by atoms with Gasteiger partial charge in [-0.15, -0.1) is 0 Å². The van der Waals surface area contributed by atoms with Gasteiger partial charge in [0.1, 0.15) is 0 Å². The number of carbonyl (C=O) groups is 1. The van der Waals surface area contributed by atoms with E-state index >= 15 is 0 Å². The molecule has 0 atom stereocenters. The molecule has 2 fully saturated rings. The molecule has 0 aromatic rings. The number of rotatable bonds is 2. The van der Waals surface area contributed by atoms with Gasteiger partial charge in [-0.3, -0.25) is 4.79 Å². The molecule has 0 saturated heterocycles. The van der Waals surface area contributed by atoms with Crippen LogP contribution >= 0.6 is 11.6 Å².